The van der Waals surface area contributed by atoms with Crippen molar-refractivity contribution in [2.45, 2.75) is 36.6 Å². The predicted molar refractivity (Wildman–Crippen MR) is 174 cm³/mol. The van der Waals surface area contributed by atoms with E-state index < -0.39 is 21.8 Å². The summed E-state index contributed by atoms with van der Waals surface area (Å²) in [5, 5.41) is 16.0. The van der Waals surface area contributed by atoms with Gasteiger partial charge in [-0.3, -0.25) is 24.5 Å². The molecular weight excluding hydrogens is 664 g/mol. The van der Waals surface area contributed by atoms with Crippen LogP contribution in [0.2, 0.25) is 0 Å². The number of hydrogen-bond acceptors (Lipinski definition) is 9. The van der Waals surface area contributed by atoms with Crippen molar-refractivity contribution >= 4 is 55.2 Å². The fourth-order valence-electron chi connectivity index (χ4n) is 5.91. The third-order valence-corrected chi connectivity index (χ3v) is 9.86. The van der Waals surface area contributed by atoms with Crippen molar-refractivity contribution in [3.05, 3.63) is 81.1 Å². The van der Waals surface area contributed by atoms with Crippen molar-refractivity contribution in [2.24, 2.45) is 5.92 Å². The molecule has 1 saturated heterocycles. The molecule has 2 aromatic carbocycles. The number of H-pyrrole nitrogens is 1. The lowest BCUT2D eigenvalue weighted by Gasteiger charge is -2.38. The van der Waals surface area contributed by atoms with Crippen LogP contribution in [0.5, 0.6) is 11.5 Å². The summed E-state index contributed by atoms with van der Waals surface area (Å²) in [6.07, 6.45) is 7.61. The Balaban J connectivity index is 1.09. The predicted octanol–water partition coefficient (Wildman–Crippen LogP) is 5.78. The van der Waals surface area contributed by atoms with Gasteiger partial charge in [-0.2, -0.15) is 0 Å². The first-order valence-electron chi connectivity index (χ1n) is 14.8. The Morgan fingerprint density at radius 3 is 2.71 bits per heavy atom. The number of halogens is 1. The molecule has 1 saturated carbocycles. The molecule has 0 radical (unpaired) electrons. The van der Waals surface area contributed by atoms with E-state index >= 15 is 0 Å². The SMILES string of the molecule is O=C(NS(=O)c1ccc(NCC2CCC(N3CCOCC3)CC2)c([N+](=O)[O-])c1)c1ccc(Br)cc1Oc1cnc2[nH]ccc2c1. The van der Waals surface area contributed by atoms with Gasteiger partial charge in [0.25, 0.3) is 11.6 Å². The van der Waals surface area contributed by atoms with E-state index in [1.807, 2.05) is 6.07 Å². The number of nitrogens with one attached hydrogen (secondary N) is 3. The van der Waals surface area contributed by atoms with Gasteiger partial charge in [0, 0.05) is 47.8 Å². The number of carbonyl (C=O) groups is 1. The number of ether oxygens (including phenoxy) is 2. The van der Waals surface area contributed by atoms with Crippen LogP contribution >= 0.6 is 15.9 Å². The average molecular weight is 698 g/mol. The van der Waals surface area contributed by atoms with Crippen LogP contribution in [-0.2, 0) is 15.7 Å². The van der Waals surface area contributed by atoms with Gasteiger partial charge in [0.2, 0.25) is 0 Å². The van der Waals surface area contributed by atoms with Crippen LogP contribution in [0.15, 0.2) is 70.3 Å². The van der Waals surface area contributed by atoms with Gasteiger partial charge in [-0.1, -0.05) is 15.9 Å². The minimum absolute atomic E-state index is 0.105. The van der Waals surface area contributed by atoms with Gasteiger partial charge in [-0.15, -0.1) is 0 Å². The highest BCUT2D eigenvalue weighted by Crippen LogP contribution is 2.32. The third-order valence-electron chi connectivity index (χ3n) is 8.32. The molecule has 45 heavy (non-hydrogen) atoms. The third kappa shape index (κ3) is 7.52. The highest BCUT2D eigenvalue weighted by molar-refractivity contribution is 9.10. The summed E-state index contributed by atoms with van der Waals surface area (Å²) in [6, 6.07) is 13.4. The number of rotatable bonds is 10. The highest BCUT2D eigenvalue weighted by atomic mass is 79.9. The summed E-state index contributed by atoms with van der Waals surface area (Å²) in [5.41, 5.74) is 1.00. The molecule has 1 amide bonds. The number of fused-ring (bicyclic) bond motifs is 1. The molecule has 2 fully saturated rings. The lowest BCUT2D eigenvalue weighted by Crippen LogP contribution is -2.45. The van der Waals surface area contributed by atoms with Gasteiger partial charge in [0.1, 0.15) is 22.8 Å². The van der Waals surface area contributed by atoms with Crippen LogP contribution < -0.4 is 14.8 Å². The van der Waals surface area contributed by atoms with Crippen LogP contribution in [0.25, 0.3) is 11.0 Å². The molecule has 236 valence electrons. The number of nitrogens with zero attached hydrogens (tertiary/aromatic N) is 3. The maximum Gasteiger partial charge on any atom is 0.293 e. The van der Waals surface area contributed by atoms with Crippen molar-refractivity contribution in [1.82, 2.24) is 19.6 Å². The summed E-state index contributed by atoms with van der Waals surface area (Å²) >= 11 is 3.40. The zero-order valence-electron chi connectivity index (χ0n) is 24.4. The molecule has 2 aliphatic rings. The topological polar surface area (TPSA) is 152 Å². The molecule has 2 aromatic heterocycles. The summed E-state index contributed by atoms with van der Waals surface area (Å²) in [5.74, 6) is 0.390. The van der Waals surface area contributed by atoms with E-state index in [1.54, 1.807) is 30.5 Å². The molecule has 1 aliphatic carbocycles. The number of benzene rings is 2. The first-order chi connectivity index (χ1) is 21.8. The quantitative estimate of drug-likeness (QED) is 0.138. The van der Waals surface area contributed by atoms with Crippen LogP contribution in [0, 0.1) is 16.0 Å². The standard InChI is InChI=1S/C31H33BrN6O6S/c32-22-3-7-26(29(16-22)44-24-15-21-9-10-33-30(21)35-19-24)31(39)36-45(42)25-6-8-27(28(17-25)38(40)41)34-18-20-1-4-23(5-2-20)37-11-13-43-14-12-37/h3,6-10,15-17,19-20,23,34H,1-2,4-5,11-14,18H2,(H,33,35)(H,36,39). The van der Waals surface area contributed by atoms with E-state index in [1.165, 1.54) is 24.4 Å². The molecule has 3 heterocycles. The Morgan fingerprint density at radius 2 is 1.93 bits per heavy atom. The Labute approximate surface area is 270 Å². The Bertz CT molecular complexity index is 1720. The van der Waals surface area contributed by atoms with E-state index in [2.05, 4.69) is 40.8 Å². The molecule has 3 N–H and O–H groups in total. The van der Waals surface area contributed by atoms with Gasteiger partial charge < -0.3 is 19.8 Å². The van der Waals surface area contributed by atoms with E-state index in [-0.39, 0.29) is 21.9 Å². The summed E-state index contributed by atoms with van der Waals surface area (Å²) in [6.45, 7) is 4.16. The summed E-state index contributed by atoms with van der Waals surface area (Å²) < 4.78 is 27.8. The van der Waals surface area contributed by atoms with E-state index in [9.17, 15) is 19.1 Å². The summed E-state index contributed by atoms with van der Waals surface area (Å²) in [4.78, 5) is 34.6. The number of pyridine rings is 1. The smallest absolute Gasteiger partial charge is 0.293 e. The minimum atomic E-state index is -2.07. The second kappa shape index (κ2) is 14.1. The molecule has 1 atom stereocenters. The fourth-order valence-corrected chi connectivity index (χ4v) is 7.05. The van der Waals surface area contributed by atoms with Crippen molar-refractivity contribution in [1.29, 1.82) is 0 Å². The number of amides is 1. The number of carbonyl (C=O) groups excluding carboxylic acids is 1. The fraction of sp³-hybridized carbons (Fsp3) is 0.355. The Hall–Kier alpha value is -3.85. The van der Waals surface area contributed by atoms with E-state index in [4.69, 9.17) is 9.47 Å². The molecule has 0 spiro atoms. The van der Waals surface area contributed by atoms with Crippen LogP contribution in [-0.4, -0.2) is 68.8 Å². The largest absolute Gasteiger partial charge is 0.455 e. The molecular formula is C31H33BrN6O6S. The van der Waals surface area contributed by atoms with Gasteiger partial charge in [0.15, 0.2) is 11.0 Å². The number of aromatic nitrogens is 2. The molecule has 4 aromatic rings. The summed E-state index contributed by atoms with van der Waals surface area (Å²) in [7, 11) is -2.07. The monoisotopic (exact) mass is 696 g/mol. The zero-order chi connectivity index (χ0) is 31.3. The molecule has 12 nitrogen and oxygen atoms in total. The molecule has 14 heteroatoms. The zero-order valence-corrected chi connectivity index (χ0v) is 26.8. The number of hydrogen-bond donors (Lipinski definition) is 3. The second-order valence-electron chi connectivity index (χ2n) is 11.2. The van der Waals surface area contributed by atoms with Gasteiger partial charge >= 0.3 is 0 Å². The van der Waals surface area contributed by atoms with Crippen LogP contribution in [0.1, 0.15) is 36.0 Å². The lowest BCUT2D eigenvalue weighted by molar-refractivity contribution is -0.384. The van der Waals surface area contributed by atoms with E-state index in [0.717, 1.165) is 57.4 Å². The molecule has 0 bridgehead atoms. The van der Waals surface area contributed by atoms with Crippen molar-refractivity contribution in [3.63, 3.8) is 0 Å². The van der Waals surface area contributed by atoms with Crippen molar-refractivity contribution < 1.29 is 23.4 Å². The molecule has 6 rings (SSSR count). The van der Waals surface area contributed by atoms with E-state index in [0.29, 0.717) is 40.1 Å². The first kappa shape index (κ1) is 31.1. The number of nitro benzene ring substituents is 1. The van der Waals surface area contributed by atoms with Gasteiger partial charge in [-0.05, 0) is 74.1 Å². The molecule has 1 aliphatic heterocycles. The second-order valence-corrected chi connectivity index (χ2v) is 13.3. The Kier molecular flexibility index (Phi) is 9.73. The van der Waals surface area contributed by atoms with Crippen molar-refractivity contribution in [2.75, 3.05) is 38.2 Å². The highest BCUT2D eigenvalue weighted by Gasteiger charge is 2.27. The molecule has 1 unspecified atom stereocenters. The number of aromatic amines is 1. The lowest BCUT2D eigenvalue weighted by atomic mass is 9.85. The maximum absolute atomic E-state index is 13.2. The number of nitro groups is 1. The number of anilines is 1. The van der Waals surface area contributed by atoms with Crippen molar-refractivity contribution in [3.8, 4) is 11.5 Å². The first-order valence-corrected chi connectivity index (χ1v) is 16.8. The van der Waals surface area contributed by atoms with Crippen LogP contribution in [0.3, 0.4) is 0 Å². The normalized spacial score (nSPS) is 19.6. The minimum Gasteiger partial charge on any atom is -0.455 e. The average Bonchev–Trinajstić information content (AvgIpc) is 3.52. The maximum atomic E-state index is 13.2. The Morgan fingerprint density at radius 1 is 1.13 bits per heavy atom. The van der Waals surface area contributed by atoms with Gasteiger partial charge in [0.05, 0.1) is 34.8 Å². The number of morpholine rings is 1. The van der Waals surface area contributed by atoms with Gasteiger partial charge in [-0.25, -0.2) is 9.19 Å². The van der Waals surface area contributed by atoms with Crippen LogP contribution in [0.4, 0.5) is 11.4 Å².